The molecule has 0 spiro atoms. The van der Waals surface area contributed by atoms with Gasteiger partial charge in [0, 0.05) is 40.7 Å². The van der Waals surface area contributed by atoms with Gasteiger partial charge in [0.1, 0.15) is 11.5 Å². The van der Waals surface area contributed by atoms with Gasteiger partial charge in [-0.25, -0.2) is 4.79 Å². The van der Waals surface area contributed by atoms with Crippen molar-refractivity contribution >= 4 is 35.1 Å². The zero-order chi connectivity index (χ0) is 25.5. The molecule has 1 N–H and O–H groups in total. The minimum atomic E-state index is -1.06. The summed E-state index contributed by atoms with van der Waals surface area (Å²) in [5.74, 6) is -0.518. The largest absolute Gasteiger partial charge is 0.496 e. The van der Waals surface area contributed by atoms with Crippen molar-refractivity contribution in [3.05, 3.63) is 76.7 Å². The molecule has 0 bridgehead atoms. The van der Waals surface area contributed by atoms with Crippen LogP contribution in [-0.2, 0) is 9.53 Å². The third kappa shape index (κ3) is 5.99. The number of hydrogen-bond acceptors (Lipinski definition) is 7. The van der Waals surface area contributed by atoms with Crippen molar-refractivity contribution < 1.29 is 33.7 Å². The van der Waals surface area contributed by atoms with Gasteiger partial charge in [-0.05, 0) is 41.8 Å². The van der Waals surface area contributed by atoms with E-state index in [0.717, 1.165) is 10.4 Å². The fraction of sp³-hybridized carbons (Fsp3) is 0.222. The smallest absolute Gasteiger partial charge is 0.335 e. The van der Waals surface area contributed by atoms with E-state index in [-0.39, 0.29) is 23.9 Å². The Morgan fingerprint density at radius 2 is 1.78 bits per heavy atom. The minimum Gasteiger partial charge on any atom is -0.496 e. The molecule has 1 amide bonds. The van der Waals surface area contributed by atoms with Crippen molar-refractivity contribution in [3.63, 3.8) is 0 Å². The Morgan fingerprint density at radius 3 is 2.42 bits per heavy atom. The molecule has 9 heteroatoms. The summed E-state index contributed by atoms with van der Waals surface area (Å²) in [4.78, 5) is 39.1. The summed E-state index contributed by atoms with van der Waals surface area (Å²) in [5, 5.41) is 11.0. The predicted octanol–water partition coefficient (Wildman–Crippen LogP) is 4.26. The van der Waals surface area contributed by atoms with Gasteiger partial charge in [-0.15, -0.1) is 11.3 Å². The number of carbonyl (C=O) groups is 3. The molecular weight excluding hydrogens is 482 g/mol. The van der Waals surface area contributed by atoms with Crippen LogP contribution in [0, 0.1) is 0 Å². The van der Waals surface area contributed by atoms with Gasteiger partial charge in [-0.3, -0.25) is 9.59 Å². The zero-order valence-corrected chi connectivity index (χ0v) is 20.5. The fourth-order valence-electron chi connectivity index (χ4n) is 3.71. The van der Waals surface area contributed by atoms with Crippen molar-refractivity contribution in [2.45, 2.75) is 0 Å². The van der Waals surface area contributed by atoms with Gasteiger partial charge < -0.3 is 24.2 Å². The van der Waals surface area contributed by atoms with E-state index in [9.17, 15) is 14.4 Å². The molecule has 0 radical (unpaired) electrons. The number of methoxy groups -OCH3 is 1. The molecule has 1 aromatic heterocycles. The molecule has 36 heavy (non-hydrogen) atoms. The van der Waals surface area contributed by atoms with Gasteiger partial charge >= 0.3 is 5.97 Å². The second-order valence-corrected chi connectivity index (χ2v) is 8.88. The van der Waals surface area contributed by atoms with E-state index in [2.05, 4.69) is 0 Å². The maximum atomic E-state index is 12.7. The van der Waals surface area contributed by atoms with Crippen LogP contribution in [-0.4, -0.2) is 67.7 Å². The lowest BCUT2D eigenvalue weighted by molar-refractivity contribution is -0.137. The number of rotatable bonds is 9. The molecule has 2 aromatic carbocycles. The summed E-state index contributed by atoms with van der Waals surface area (Å²) in [5.41, 5.74) is 1.89. The average molecular weight is 508 g/mol. The minimum absolute atomic E-state index is 0.104. The average Bonchev–Trinajstić information content (AvgIpc) is 3.45. The third-order valence-corrected chi connectivity index (χ3v) is 6.57. The van der Waals surface area contributed by atoms with Crippen molar-refractivity contribution in [2.75, 3.05) is 40.0 Å². The highest BCUT2D eigenvalue weighted by Gasteiger charge is 2.19. The molecular formula is C27H25NO7S. The summed E-state index contributed by atoms with van der Waals surface area (Å²) >= 11 is 1.55. The quantitative estimate of drug-likeness (QED) is 0.341. The normalized spacial score (nSPS) is 13.5. The molecule has 1 aliphatic rings. The van der Waals surface area contributed by atoms with Gasteiger partial charge in [0.2, 0.25) is 0 Å². The molecule has 4 rings (SSSR count). The summed E-state index contributed by atoms with van der Waals surface area (Å²) < 4.78 is 16.8. The number of amides is 1. The summed E-state index contributed by atoms with van der Waals surface area (Å²) in [6.45, 7) is 1.87. The second-order valence-electron chi connectivity index (χ2n) is 7.93. The van der Waals surface area contributed by atoms with Crippen LogP contribution >= 0.6 is 11.3 Å². The van der Waals surface area contributed by atoms with Crippen molar-refractivity contribution in [3.8, 4) is 21.9 Å². The van der Waals surface area contributed by atoms with E-state index in [1.165, 1.54) is 30.3 Å². The van der Waals surface area contributed by atoms with Crippen LogP contribution in [0.25, 0.3) is 16.5 Å². The van der Waals surface area contributed by atoms with Crippen LogP contribution in [0.1, 0.15) is 26.3 Å². The van der Waals surface area contributed by atoms with Gasteiger partial charge in [-0.2, -0.15) is 0 Å². The maximum Gasteiger partial charge on any atom is 0.335 e. The van der Waals surface area contributed by atoms with Crippen molar-refractivity contribution in [1.29, 1.82) is 0 Å². The van der Waals surface area contributed by atoms with Gasteiger partial charge in [-0.1, -0.05) is 18.2 Å². The van der Waals surface area contributed by atoms with Crippen LogP contribution in [0.2, 0.25) is 0 Å². The molecule has 2 heterocycles. The Morgan fingerprint density at radius 1 is 1.06 bits per heavy atom. The molecule has 1 aliphatic heterocycles. The zero-order valence-electron chi connectivity index (χ0n) is 19.6. The molecule has 1 saturated heterocycles. The topological polar surface area (TPSA) is 102 Å². The lowest BCUT2D eigenvalue weighted by atomic mass is 10.0. The lowest BCUT2D eigenvalue weighted by Gasteiger charge is -2.26. The first kappa shape index (κ1) is 25.2. The molecule has 0 unspecified atom stereocenters. The Balaban J connectivity index is 1.61. The molecule has 8 nitrogen and oxygen atoms in total. The van der Waals surface area contributed by atoms with Crippen LogP contribution in [0.4, 0.5) is 0 Å². The number of carboxylic acids is 1. The number of carboxylic acid groups (broad SMARTS) is 1. The van der Waals surface area contributed by atoms with E-state index < -0.39 is 5.97 Å². The number of ether oxygens (including phenoxy) is 3. The second kappa shape index (κ2) is 11.7. The van der Waals surface area contributed by atoms with Crippen LogP contribution in [0.3, 0.4) is 0 Å². The van der Waals surface area contributed by atoms with Gasteiger partial charge in [0.05, 0.1) is 25.9 Å². The first-order valence-electron chi connectivity index (χ1n) is 11.3. The monoisotopic (exact) mass is 507 g/mol. The Bertz CT molecular complexity index is 1260. The van der Waals surface area contributed by atoms with E-state index in [1.54, 1.807) is 35.5 Å². The number of allylic oxidation sites excluding steroid dienone is 1. The third-order valence-electron chi connectivity index (χ3n) is 5.66. The fourth-order valence-corrected chi connectivity index (χ4v) is 4.46. The lowest BCUT2D eigenvalue weighted by Crippen LogP contribution is -2.43. The molecule has 0 aliphatic carbocycles. The first-order chi connectivity index (χ1) is 17.5. The van der Waals surface area contributed by atoms with Crippen molar-refractivity contribution in [2.24, 2.45) is 0 Å². The highest BCUT2D eigenvalue weighted by Crippen LogP contribution is 2.39. The predicted molar refractivity (Wildman–Crippen MR) is 136 cm³/mol. The molecule has 0 saturated carbocycles. The van der Waals surface area contributed by atoms with Crippen LogP contribution in [0.5, 0.6) is 11.5 Å². The van der Waals surface area contributed by atoms with Crippen molar-refractivity contribution in [1.82, 2.24) is 4.90 Å². The maximum absolute atomic E-state index is 12.7. The van der Waals surface area contributed by atoms with Gasteiger partial charge in [0.15, 0.2) is 12.4 Å². The number of hydrogen-bond donors (Lipinski definition) is 1. The number of benzene rings is 2. The Kier molecular flexibility index (Phi) is 8.14. The Hall–Kier alpha value is -3.95. The number of thiophene rings is 1. The van der Waals surface area contributed by atoms with Crippen LogP contribution < -0.4 is 9.47 Å². The number of ketones is 1. The first-order valence-corrected chi connectivity index (χ1v) is 12.1. The van der Waals surface area contributed by atoms with E-state index >= 15 is 0 Å². The molecule has 186 valence electrons. The number of morpholine rings is 1. The number of nitrogens with zero attached hydrogens (tertiary/aromatic N) is 1. The molecule has 3 aromatic rings. The number of aromatic carboxylic acids is 1. The highest BCUT2D eigenvalue weighted by molar-refractivity contribution is 7.13. The SMILES string of the molecule is COc1cc(OCC(=O)N2CCOCC2)c(C=CC(=O)c2ccc(C(=O)O)cc2)cc1-c1cccs1. The number of carbonyl (C=O) groups excluding carboxylic acids is 2. The summed E-state index contributed by atoms with van der Waals surface area (Å²) in [7, 11) is 1.56. The standard InChI is InChI=1S/C27H25NO7S/c1-33-24-16-23(35-17-26(30)28-10-12-34-13-11-28)20(15-21(24)25-3-2-14-36-25)8-9-22(29)18-4-6-19(7-5-18)27(31)32/h2-9,14-16H,10-13,17H2,1H3,(H,31,32). The Labute approximate surface area is 212 Å². The highest BCUT2D eigenvalue weighted by atomic mass is 32.1. The van der Waals surface area contributed by atoms with Crippen LogP contribution in [0.15, 0.2) is 60.0 Å². The van der Waals surface area contributed by atoms with Gasteiger partial charge in [0.25, 0.3) is 5.91 Å². The molecule has 1 fully saturated rings. The van der Waals surface area contributed by atoms with E-state index in [4.69, 9.17) is 19.3 Å². The van der Waals surface area contributed by atoms with E-state index in [0.29, 0.717) is 48.9 Å². The molecule has 0 atom stereocenters. The van der Waals surface area contributed by atoms with E-state index in [1.807, 2.05) is 23.6 Å². The summed E-state index contributed by atoms with van der Waals surface area (Å²) in [6.07, 6.45) is 3.02. The summed E-state index contributed by atoms with van der Waals surface area (Å²) in [6, 6.07) is 13.2.